The van der Waals surface area contributed by atoms with Crippen molar-refractivity contribution in [3.8, 4) is 0 Å². The quantitative estimate of drug-likeness (QED) is 0.728. The van der Waals surface area contributed by atoms with Gasteiger partial charge in [-0.05, 0) is 50.0 Å². The number of nitrogens with one attached hydrogen (secondary N) is 1. The summed E-state index contributed by atoms with van der Waals surface area (Å²) in [4.78, 5) is 2.41. The summed E-state index contributed by atoms with van der Waals surface area (Å²) in [5.41, 5.74) is 1.66. The Morgan fingerprint density at radius 1 is 1.24 bits per heavy atom. The maximum Gasteiger partial charge on any atom is 0.0241 e. The van der Waals surface area contributed by atoms with Gasteiger partial charge >= 0.3 is 0 Å². The van der Waals surface area contributed by atoms with E-state index in [1.165, 1.54) is 22.9 Å². The molecule has 0 heterocycles. The lowest BCUT2D eigenvalue weighted by Gasteiger charge is -2.33. The summed E-state index contributed by atoms with van der Waals surface area (Å²) in [6.07, 6.45) is 2.38. The van der Waals surface area contributed by atoms with Gasteiger partial charge in [-0.25, -0.2) is 0 Å². The fourth-order valence-corrected chi connectivity index (χ4v) is 2.92. The average Bonchev–Trinajstić information content (AvgIpc) is 2.40. The molecule has 0 radical (unpaired) electrons. The molecule has 0 saturated heterocycles. The number of hydrogen-bond donors (Lipinski definition) is 1. The smallest absolute Gasteiger partial charge is 0.0241 e. The Morgan fingerprint density at radius 3 is 2.48 bits per heavy atom. The van der Waals surface area contributed by atoms with E-state index in [2.05, 4.69) is 85.2 Å². The molecule has 120 valence electrons. The van der Waals surface area contributed by atoms with Gasteiger partial charge in [-0.3, -0.25) is 0 Å². The molecule has 1 aromatic carbocycles. The molecule has 1 N–H and O–H groups in total. The fraction of sp³-hybridized carbons (Fsp3) is 0.667. The third-order valence-electron chi connectivity index (χ3n) is 3.88. The highest BCUT2D eigenvalue weighted by atomic mass is 79.9. The summed E-state index contributed by atoms with van der Waals surface area (Å²) < 4.78 is 1.20. The van der Waals surface area contributed by atoms with Crippen LogP contribution in [0.25, 0.3) is 0 Å². The molecule has 1 rings (SSSR count). The van der Waals surface area contributed by atoms with E-state index in [0.717, 1.165) is 19.6 Å². The van der Waals surface area contributed by atoms with E-state index in [9.17, 15) is 0 Å². The molecule has 3 heteroatoms. The highest BCUT2D eigenvalue weighted by molar-refractivity contribution is 9.10. The topological polar surface area (TPSA) is 15.3 Å². The van der Waals surface area contributed by atoms with Gasteiger partial charge < -0.3 is 10.2 Å². The van der Waals surface area contributed by atoms with Gasteiger partial charge in [0, 0.05) is 17.1 Å². The Kier molecular flexibility index (Phi) is 7.93. The van der Waals surface area contributed by atoms with Crippen LogP contribution < -0.4 is 5.32 Å². The summed E-state index contributed by atoms with van der Waals surface area (Å²) in [5.74, 6) is 0. The first-order valence-electron chi connectivity index (χ1n) is 8.00. The minimum Gasteiger partial charge on any atom is -0.313 e. The molecule has 0 aliphatic heterocycles. The molecule has 2 nitrogen and oxygen atoms in total. The largest absolute Gasteiger partial charge is 0.313 e. The Bertz CT molecular complexity index is 412. The van der Waals surface area contributed by atoms with Gasteiger partial charge in [-0.1, -0.05) is 61.8 Å². The molecule has 0 fully saturated rings. The lowest BCUT2D eigenvalue weighted by Crippen LogP contribution is -2.42. The molecular formula is C18H31BrN2. The van der Waals surface area contributed by atoms with Crippen LogP contribution in [0.2, 0.25) is 0 Å². The maximum atomic E-state index is 3.70. The minimum absolute atomic E-state index is 0.309. The van der Waals surface area contributed by atoms with Crippen LogP contribution in [0, 0.1) is 5.41 Å². The molecule has 0 aromatic heterocycles. The van der Waals surface area contributed by atoms with E-state index in [-0.39, 0.29) is 0 Å². The monoisotopic (exact) mass is 354 g/mol. The second-order valence-electron chi connectivity index (χ2n) is 6.99. The summed E-state index contributed by atoms with van der Waals surface area (Å²) in [6, 6.07) is 9.05. The zero-order chi connectivity index (χ0) is 15.9. The molecule has 0 bridgehead atoms. The molecule has 1 atom stereocenters. The normalized spacial score (nSPS) is 13.7. The first kappa shape index (κ1) is 18.7. The van der Waals surface area contributed by atoms with Crippen LogP contribution in [0.1, 0.15) is 46.1 Å². The lowest BCUT2D eigenvalue weighted by atomic mass is 9.84. The van der Waals surface area contributed by atoms with Crippen molar-refractivity contribution in [3.63, 3.8) is 0 Å². The zero-order valence-corrected chi connectivity index (χ0v) is 15.8. The van der Waals surface area contributed by atoms with Crippen molar-refractivity contribution in [2.45, 2.75) is 53.1 Å². The van der Waals surface area contributed by atoms with Gasteiger partial charge in [-0.2, -0.15) is 0 Å². The highest BCUT2D eigenvalue weighted by Crippen LogP contribution is 2.23. The van der Waals surface area contributed by atoms with E-state index in [4.69, 9.17) is 0 Å². The maximum absolute atomic E-state index is 3.70. The van der Waals surface area contributed by atoms with Crippen LogP contribution in [-0.2, 0) is 6.54 Å². The average molecular weight is 355 g/mol. The molecule has 21 heavy (non-hydrogen) atoms. The van der Waals surface area contributed by atoms with Gasteiger partial charge in [0.1, 0.15) is 0 Å². The first-order chi connectivity index (χ1) is 9.84. The second-order valence-corrected chi connectivity index (χ2v) is 7.84. The zero-order valence-electron chi connectivity index (χ0n) is 14.2. The van der Waals surface area contributed by atoms with Gasteiger partial charge in [0.15, 0.2) is 0 Å². The molecule has 1 aromatic rings. The third-order valence-corrected chi connectivity index (χ3v) is 4.66. The molecule has 0 spiro atoms. The highest BCUT2D eigenvalue weighted by Gasteiger charge is 2.23. The molecule has 0 aliphatic carbocycles. The first-order valence-corrected chi connectivity index (χ1v) is 8.79. The summed E-state index contributed by atoms with van der Waals surface area (Å²) in [5, 5.41) is 3.70. The standard InChI is InChI=1S/C18H31BrN2/c1-6-12-20-17(18(2,3)4)11-13-21(5)14-15-9-7-8-10-16(15)19/h7-10,17,20H,6,11-14H2,1-5H3. The number of rotatable bonds is 8. The summed E-state index contributed by atoms with van der Waals surface area (Å²) in [7, 11) is 2.21. The van der Waals surface area contributed by atoms with Crippen molar-refractivity contribution in [3.05, 3.63) is 34.3 Å². The number of nitrogens with zero attached hydrogens (tertiary/aromatic N) is 1. The van der Waals surface area contributed by atoms with Crippen LogP contribution in [0.5, 0.6) is 0 Å². The van der Waals surface area contributed by atoms with Crippen LogP contribution >= 0.6 is 15.9 Å². The van der Waals surface area contributed by atoms with Gasteiger partial charge in [-0.15, -0.1) is 0 Å². The lowest BCUT2D eigenvalue weighted by molar-refractivity contribution is 0.219. The predicted octanol–water partition coefficient (Wildman–Crippen LogP) is 4.69. The molecular weight excluding hydrogens is 324 g/mol. The molecule has 1 unspecified atom stereocenters. The van der Waals surface area contributed by atoms with Crippen molar-refractivity contribution in [1.29, 1.82) is 0 Å². The van der Waals surface area contributed by atoms with E-state index in [1.54, 1.807) is 0 Å². The third kappa shape index (κ3) is 6.94. The van der Waals surface area contributed by atoms with Crippen molar-refractivity contribution >= 4 is 15.9 Å². The van der Waals surface area contributed by atoms with Crippen molar-refractivity contribution in [1.82, 2.24) is 10.2 Å². The Labute approximate surface area is 139 Å². The van der Waals surface area contributed by atoms with E-state index >= 15 is 0 Å². The Morgan fingerprint density at radius 2 is 1.90 bits per heavy atom. The fourth-order valence-electron chi connectivity index (χ4n) is 2.51. The molecule has 0 saturated carbocycles. The number of halogens is 1. The van der Waals surface area contributed by atoms with Crippen LogP contribution in [0.4, 0.5) is 0 Å². The van der Waals surface area contributed by atoms with E-state index < -0.39 is 0 Å². The Hall–Kier alpha value is -0.380. The number of hydrogen-bond acceptors (Lipinski definition) is 2. The van der Waals surface area contributed by atoms with Gasteiger partial charge in [0.2, 0.25) is 0 Å². The predicted molar refractivity (Wildman–Crippen MR) is 96.6 cm³/mol. The Balaban J connectivity index is 2.49. The van der Waals surface area contributed by atoms with Crippen molar-refractivity contribution < 1.29 is 0 Å². The van der Waals surface area contributed by atoms with Crippen molar-refractivity contribution in [2.75, 3.05) is 20.1 Å². The minimum atomic E-state index is 0.309. The number of benzene rings is 1. The second kappa shape index (κ2) is 8.92. The molecule has 0 amide bonds. The van der Waals surface area contributed by atoms with Gasteiger partial charge in [0.05, 0.1) is 0 Å². The van der Waals surface area contributed by atoms with E-state index in [0.29, 0.717) is 11.5 Å². The molecule has 0 aliphatic rings. The summed E-state index contributed by atoms with van der Waals surface area (Å²) in [6.45, 7) is 12.4. The van der Waals surface area contributed by atoms with Gasteiger partial charge in [0.25, 0.3) is 0 Å². The SMILES string of the molecule is CCCNC(CCN(C)Cc1ccccc1Br)C(C)(C)C. The van der Waals surface area contributed by atoms with Crippen LogP contribution in [-0.4, -0.2) is 31.1 Å². The van der Waals surface area contributed by atoms with Crippen LogP contribution in [0.15, 0.2) is 28.7 Å². The van der Waals surface area contributed by atoms with Crippen LogP contribution in [0.3, 0.4) is 0 Å². The summed E-state index contributed by atoms with van der Waals surface area (Å²) >= 11 is 3.63. The van der Waals surface area contributed by atoms with Crippen molar-refractivity contribution in [2.24, 2.45) is 5.41 Å². The van der Waals surface area contributed by atoms with E-state index in [1.807, 2.05) is 0 Å².